The molecule has 0 radical (unpaired) electrons. The molecule has 1 N–H and O–H groups in total. The lowest BCUT2D eigenvalue weighted by molar-refractivity contribution is 0.229. The van der Waals surface area contributed by atoms with Crippen molar-refractivity contribution in [2.24, 2.45) is 0 Å². The van der Waals surface area contributed by atoms with Crippen LogP contribution in [0.2, 0.25) is 0 Å². The Balaban J connectivity index is 1.60. The zero-order valence-corrected chi connectivity index (χ0v) is 12.9. The molecular weight excluding hydrogens is 265 g/mol. The highest BCUT2D eigenvalue weighted by Crippen LogP contribution is 2.22. The molecule has 0 aromatic heterocycles. The highest BCUT2D eigenvalue weighted by atomic mass is 19.1. The molecule has 1 aromatic rings. The van der Waals surface area contributed by atoms with E-state index < -0.39 is 0 Å². The third-order valence-corrected chi connectivity index (χ3v) is 4.79. The smallest absolute Gasteiger partial charge is 0.127 e. The summed E-state index contributed by atoms with van der Waals surface area (Å²) in [6.07, 6.45) is 3.92. The lowest BCUT2D eigenvalue weighted by Gasteiger charge is -2.23. The number of likely N-dealkylation sites (tertiary alicyclic amines) is 2. The minimum atomic E-state index is -0.0699. The molecule has 0 saturated carbocycles. The van der Waals surface area contributed by atoms with Gasteiger partial charge in [-0.15, -0.1) is 0 Å². The van der Waals surface area contributed by atoms with Crippen molar-refractivity contribution < 1.29 is 4.39 Å². The quantitative estimate of drug-likeness (QED) is 0.897. The first-order valence-corrected chi connectivity index (χ1v) is 8.14. The summed E-state index contributed by atoms with van der Waals surface area (Å²) in [5.74, 6) is -0.0699. The maximum atomic E-state index is 14.0. The first-order chi connectivity index (χ1) is 10.3. The molecule has 2 fully saturated rings. The Morgan fingerprint density at radius 2 is 2.05 bits per heavy atom. The lowest BCUT2D eigenvalue weighted by Crippen LogP contribution is -2.35. The Morgan fingerprint density at radius 1 is 1.24 bits per heavy atom. The number of hydrogen-bond donors (Lipinski definition) is 1. The minimum Gasteiger partial charge on any atom is -0.316 e. The van der Waals surface area contributed by atoms with Gasteiger partial charge in [-0.1, -0.05) is 12.1 Å². The summed E-state index contributed by atoms with van der Waals surface area (Å²) in [5, 5.41) is 3.13. The van der Waals surface area contributed by atoms with Gasteiger partial charge in [0.2, 0.25) is 0 Å². The monoisotopic (exact) mass is 291 g/mol. The summed E-state index contributed by atoms with van der Waals surface area (Å²) < 4.78 is 14.0. The molecule has 3 rings (SSSR count). The summed E-state index contributed by atoms with van der Waals surface area (Å²) in [5.41, 5.74) is 1.99. The fraction of sp³-hybridized carbons (Fsp3) is 0.647. The number of halogens is 1. The number of nitrogens with zero attached hydrogens (tertiary/aromatic N) is 2. The fourth-order valence-corrected chi connectivity index (χ4v) is 3.66. The Kier molecular flexibility index (Phi) is 4.88. The summed E-state index contributed by atoms with van der Waals surface area (Å²) in [6, 6.07) is 6.17. The van der Waals surface area contributed by atoms with E-state index in [1.54, 1.807) is 6.07 Å². The summed E-state index contributed by atoms with van der Waals surface area (Å²) in [4.78, 5) is 5.03. The number of rotatable bonds is 5. The van der Waals surface area contributed by atoms with Crippen LogP contribution in [0.5, 0.6) is 0 Å². The zero-order chi connectivity index (χ0) is 14.7. The normalized spacial score (nSPS) is 24.0. The molecule has 1 atom stereocenters. The Hall–Kier alpha value is -0.970. The maximum Gasteiger partial charge on any atom is 0.127 e. The summed E-state index contributed by atoms with van der Waals surface area (Å²) in [7, 11) is 1.92. The van der Waals surface area contributed by atoms with Crippen LogP contribution in [-0.2, 0) is 13.1 Å². The van der Waals surface area contributed by atoms with Gasteiger partial charge in [0.15, 0.2) is 0 Å². The van der Waals surface area contributed by atoms with E-state index in [2.05, 4.69) is 15.1 Å². The van der Waals surface area contributed by atoms with Crippen molar-refractivity contribution in [2.45, 2.75) is 38.4 Å². The predicted octanol–water partition coefficient (Wildman–Crippen LogP) is 2.22. The Morgan fingerprint density at radius 3 is 2.81 bits per heavy atom. The largest absolute Gasteiger partial charge is 0.316 e. The standard InChI is InChI=1S/C17H26FN3/c1-19-11-14-4-5-17(18)15(10-14)12-20-9-6-16(13-20)21-7-2-3-8-21/h4-5,10,16,19H,2-3,6-9,11-13H2,1H3. The lowest BCUT2D eigenvalue weighted by atomic mass is 10.1. The Labute approximate surface area is 127 Å². The van der Waals surface area contributed by atoms with Crippen LogP contribution in [0.1, 0.15) is 30.4 Å². The van der Waals surface area contributed by atoms with Crippen molar-refractivity contribution in [3.05, 3.63) is 35.1 Å². The van der Waals surface area contributed by atoms with E-state index in [1.165, 1.54) is 32.4 Å². The van der Waals surface area contributed by atoms with Gasteiger partial charge >= 0.3 is 0 Å². The third kappa shape index (κ3) is 3.62. The van der Waals surface area contributed by atoms with Crippen LogP contribution < -0.4 is 5.32 Å². The van der Waals surface area contributed by atoms with E-state index in [0.717, 1.165) is 37.3 Å². The molecule has 2 heterocycles. The van der Waals surface area contributed by atoms with Gasteiger partial charge in [-0.25, -0.2) is 4.39 Å². The van der Waals surface area contributed by atoms with Crippen molar-refractivity contribution in [3.8, 4) is 0 Å². The van der Waals surface area contributed by atoms with Crippen LogP contribution >= 0.6 is 0 Å². The molecule has 1 unspecified atom stereocenters. The van der Waals surface area contributed by atoms with Gasteiger partial charge in [-0.3, -0.25) is 9.80 Å². The van der Waals surface area contributed by atoms with Gasteiger partial charge in [0.25, 0.3) is 0 Å². The van der Waals surface area contributed by atoms with Gasteiger partial charge in [0, 0.05) is 37.8 Å². The first-order valence-electron chi connectivity index (χ1n) is 8.14. The third-order valence-electron chi connectivity index (χ3n) is 4.79. The van der Waals surface area contributed by atoms with Gasteiger partial charge in [0.1, 0.15) is 5.82 Å². The van der Waals surface area contributed by atoms with Crippen LogP contribution in [0.4, 0.5) is 4.39 Å². The average molecular weight is 291 g/mol. The number of hydrogen-bond acceptors (Lipinski definition) is 3. The van der Waals surface area contributed by atoms with E-state index in [-0.39, 0.29) is 5.82 Å². The second kappa shape index (κ2) is 6.86. The highest BCUT2D eigenvalue weighted by Gasteiger charge is 2.29. The van der Waals surface area contributed by atoms with Gasteiger partial charge in [-0.05, 0) is 51.0 Å². The van der Waals surface area contributed by atoms with Crippen LogP contribution in [0, 0.1) is 5.82 Å². The van der Waals surface area contributed by atoms with Crippen LogP contribution in [0.3, 0.4) is 0 Å². The van der Waals surface area contributed by atoms with Crippen molar-refractivity contribution >= 4 is 0 Å². The van der Waals surface area contributed by atoms with Crippen LogP contribution in [0.25, 0.3) is 0 Å². The number of benzene rings is 1. The molecule has 2 saturated heterocycles. The summed E-state index contributed by atoms with van der Waals surface area (Å²) in [6.45, 7) is 6.24. The SMILES string of the molecule is CNCc1ccc(F)c(CN2CCC(N3CCCC3)C2)c1. The van der Waals surface area contributed by atoms with Crippen molar-refractivity contribution in [3.63, 3.8) is 0 Å². The molecule has 0 amide bonds. The molecule has 116 valence electrons. The highest BCUT2D eigenvalue weighted by molar-refractivity contribution is 5.25. The molecule has 0 spiro atoms. The number of nitrogens with one attached hydrogen (secondary N) is 1. The van der Waals surface area contributed by atoms with Crippen molar-refractivity contribution in [2.75, 3.05) is 33.2 Å². The molecule has 4 heteroatoms. The maximum absolute atomic E-state index is 14.0. The predicted molar refractivity (Wildman–Crippen MR) is 83.7 cm³/mol. The van der Waals surface area contributed by atoms with Crippen molar-refractivity contribution in [1.82, 2.24) is 15.1 Å². The molecule has 3 nitrogen and oxygen atoms in total. The van der Waals surface area contributed by atoms with Crippen LogP contribution in [0.15, 0.2) is 18.2 Å². The first kappa shape index (κ1) is 14.9. The molecule has 2 aliphatic heterocycles. The molecule has 21 heavy (non-hydrogen) atoms. The topological polar surface area (TPSA) is 18.5 Å². The molecule has 1 aromatic carbocycles. The van der Waals surface area contributed by atoms with E-state index in [4.69, 9.17) is 0 Å². The van der Waals surface area contributed by atoms with Crippen molar-refractivity contribution in [1.29, 1.82) is 0 Å². The van der Waals surface area contributed by atoms with Gasteiger partial charge in [-0.2, -0.15) is 0 Å². The molecule has 2 aliphatic rings. The van der Waals surface area contributed by atoms with E-state index in [0.29, 0.717) is 6.04 Å². The average Bonchev–Trinajstić information content (AvgIpc) is 3.13. The molecular formula is C17H26FN3. The zero-order valence-electron chi connectivity index (χ0n) is 12.9. The molecule has 0 bridgehead atoms. The van der Waals surface area contributed by atoms with E-state index in [9.17, 15) is 4.39 Å². The second-order valence-corrected chi connectivity index (χ2v) is 6.38. The molecule has 0 aliphatic carbocycles. The van der Waals surface area contributed by atoms with Gasteiger partial charge < -0.3 is 5.32 Å². The second-order valence-electron chi connectivity index (χ2n) is 6.38. The van der Waals surface area contributed by atoms with E-state index in [1.807, 2.05) is 19.2 Å². The Bertz CT molecular complexity index is 471. The minimum absolute atomic E-state index is 0.0699. The van der Waals surface area contributed by atoms with Crippen LogP contribution in [-0.4, -0.2) is 49.1 Å². The van der Waals surface area contributed by atoms with Gasteiger partial charge in [0.05, 0.1) is 0 Å². The van der Waals surface area contributed by atoms with E-state index >= 15 is 0 Å². The fourth-order valence-electron chi connectivity index (χ4n) is 3.66. The summed E-state index contributed by atoms with van der Waals surface area (Å²) >= 11 is 0.